The molecule has 0 atom stereocenters. The second-order valence-corrected chi connectivity index (χ2v) is 9.76. The molecule has 3 N–H and O–H groups in total. The summed E-state index contributed by atoms with van der Waals surface area (Å²) >= 11 is 1.75. The molecule has 1 aromatic heterocycles. The van der Waals surface area contributed by atoms with Crippen molar-refractivity contribution in [2.24, 2.45) is 10.9 Å². The van der Waals surface area contributed by atoms with Gasteiger partial charge in [-0.15, -0.1) is 11.3 Å². The highest BCUT2D eigenvalue weighted by atomic mass is 32.1. The van der Waals surface area contributed by atoms with Crippen LogP contribution in [0.25, 0.3) is 11.3 Å². The van der Waals surface area contributed by atoms with Crippen LogP contribution in [0.15, 0.2) is 47.6 Å². The van der Waals surface area contributed by atoms with Gasteiger partial charge in [0.2, 0.25) is 0 Å². The third-order valence-electron chi connectivity index (χ3n) is 5.51. The van der Waals surface area contributed by atoms with E-state index in [9.17, 15) is 0 Å². The van der Waals surface area contributed by atoms with Gasteiger partial charge in [0.05, 0.1) is 16.4 Å². The molecule has 176 valence electrons. The fourth-order valence-corrected chi connectivity index (χ4v) is 4.65. The lowest BCUT2D eigenvalue weighted by molar-refractivity contribution is 0.318. The van der Waals surface area contributed by atoms with Crippen LogP contribution in [0.5, 0.6) is 11.5 Å². The fourth-order valence-electron chi connectivity index (χ4n) is 3.70. The topological polar surface area (TPSA) is 84.0 Å². The van der Waals surface area contributed by atoms with Crippen molar-refractivity contribution < 1.29 is 9.94 Å². The van der Waals surface area contributed by atoms with Crippen LogP contribution in [0.4, 0.5) is 5.69 Å². The number of aromatic nitrogens is 1. The normalized spacial score (nSPS) is 11.8. The van der Waals surface area contributed by atoms with Crippen LogP contribution < -0.4 is 15.4 Å². The third-order valence-corrected chi connectivity index (χ3v) is 6.78. The first-order valence-electron chi connectivity index (χ1n) is 11.4. The maximum Gasteiger partial charge on any atom is 0.170 e. The minimum Gasteiger partial charge on any atom is -0.455 e. The van der Waals surface area contributed by atoms with Gasteiger partial charge in [-0.3, -0.25) is 0 Å². The molecule has 7 heteroatoms. The number of nitrogens with zero attached hydrogens (tertiary/aromatic N) is 3. The summed E-state index contributed by atoms with van der Waals surface area (Å²) in [4.78, 5) is 8.23. The van der Waals surface area contributed by atoms with Crippen molar-refractivity contribution in [3.8, 4) is 22.8 Å². The van der Waals surface area contributed by atoms with E-state index in [4.69, 9.17) is 20.7 Å². The molecular formula is C26H34N4O2S. The second-order valence-electron chi connectivity index (χ2n) is 8.52. The molecule has 6 nitrogen and oxygen atoms in total. The predicted octanol–water partition coefficient (Wildman–Crippen LogP) is 6.76. The fraction of sp³-hybridized carbons (Fsp3) is 0.385. The van der Waals surface area contributed by atoms with E-state index in [-0.39, 0.29) is 5.84 Å². The smallest absolute Gasteiger partial charge is 0.170 e. The Kier molecular flexibility index (Phi) is 8.33. The Morgan fingerprint density at radius 3 is 2.55 bits per heavy atom. The third kappa shape index (κ3) is 6.05. The number of nitrogens with two attached hydrogens (primary N) is 1. The molecule has 0 saturated carbocycles. The molecule has 33 heavy (non-hydrogen) atoms. The summed E-state index contributed by atoms with van der Waals surface area (Å²) in [5.74, 6) is 1.86. The van der Waals surface area contributed by atoms with E-state index in [0.717, 1.165) is 40.7 Å². The molecule has 0 spiro atoms. The zero-order valence-corrected chi connectivity index (χ0v) is 20.9. The van der Waals surface area contributed by atoms with E-state index >= 15 is 0 Å². The molecule has 0 unspecified atom stereocenters. The Hall–Kier alpha value is -3.06. The van der Waals surface area contributed by atoms with Crippen molar-refractivity contribution >= 4 is 22.9 Å². The first-order valence-corrected chi connectivity index (χ1v) is 12.2. The van der Waals surface area contributed by atoms with E-state index in [2.05, 4.69) is 37.9 Å². The van der Waals surface area contributed by atoms with Gasteiger partial charge in [0.25, 0.3) is 0 Å². The lowest BCUT2D eigenvalue weighted by Gasteiger charge is -2.23. The van der Waals surface area contributed by atoms with Crippen molar-refractivity contribution in [1.82, 2.24) is 4.98 Å². The minimum absolute atomic E-state index is 0.0514. The average Bonchev–Trinajstić information content (AvgIpc) is 3.21. The van der Waals surface area contributed by atoms with Crippen molar-refractivity contribution in [2.75, 3.05) is 18.5 Å². The number of unbranched alkanes of at least 4 members (excludes halogenated alkanes) is 2. The SMILES string of the molecule is CCCCCN(C)c1ccc(C(N)=NO)cc1Oc1ccc(-c2nc(C)sc2C(C)C)cc1. The Bertz CT molecular complexity index is 1090. The highest BCUT2D eigenvalue weighted by Crippen LogP contribution is 2.36. The molecule has 0 saturated heterocycles. The summed E-state index contributed by atoms with van der Waals surface area (Å²) in [5, 5.41) is 13.3. The van der Waals surface area contributed by atoms with Crippen LogP contribution in [0, 0.1) is 6.92 Å². The number of amidine groups is 1. The Morgan fingerprint density at radius 2 is 1.91 bits per heavy atom. The van der Waals surface area contributed by atoms with Gasteiger partial charge < -0.3 is 20.6 Å². The zero-order valence-electron chi connectivity index (χ0n) is 20.1. The lowest BCUT2D eigenvalue weighted by Crippen LogP contribution is -2.20. The summed E-state index contributed by atoms with van der Waals surface area (Å²) in [6.07, 6.45) is 3.45. The van der Waals surface area contributed by atoms with Crippen LogP contribution in [0.3, 0.4) is 0 Å². The van der Waals surface area contributed by atoms with Crippen molar-refractivity contribution in [3.63, 3.8) is 0 Å². The summed E-state index contributed by atoms with van der Waals surface area (Å²) in [7, 11) is 2.06. The molecule has 1 heterocycles. The number of ether oxygens (including phenoxy) is 1. The molecule has 3 aromatic rings. The number of oxime groups is 1. The number of hydrogen-bond acceptors (Lipinski definition) is 6. The second kappa shape index (κ2) is 11.2. The van der Waals surface area contributed by atoms with Gasteiger partial charge in [0.1, 0.15) is 5.75 Å². The average molecular weight is 467 g/mol. The molecule has 2 aromatic carbocycles. The molecule has 0 aliphatic rings. The zero-order chi connectivity index (χ0) is 24.0. The molecule has 0 aliphatic heterocycles. The minimum atomic E-state index is 0.0514. The van der Waals surface area contributed by atoms with Crippen LogP contribution >= 0.6 is 11.3 Å². The van der Waals surface area contributed by atoms with E-state index in [1.54, 1.807) is 11.3 Å². The Balaban J connectivity index is 1.89. The van der Waals surface area contributed by atoms with E-state index in [0.29, 0.717) is 17.2 Å². The molecule has 0 fully saturated rings. The van der Waals surface area contributed by atoms with Crippen LogP contribution in [-0.4, -0.2) is 29.6 Å². The summed E-state index contributed by atoms with van der Waals surface area (Å²) in [5.41, 5.74) is 9.52. The van der Waals surface area contributed by atoms with Gasteiger partial charge >= 0.3 is 0 Å². The van der Waals surface area contributed by atoms with Gasteiger partial charge in [0.15, 0.2) is 11.6 Å². The number of rotatable bonds is 10. The predicted molar refractivity (Wildman–Crippen MR) is 138 cm³/mol. The first-order chi connectivity index (χ1) is 15.8. The highest BCUT2D eigenvalue weighted by Gasteiger charge is 2.16. The molecule has 3 rings (SSSR count). The van der Waals surface area contributed by atoms with Crippen LogP contribution in [0.1, 0.15) is 61.4 Å². The monoisotopic (exact) mass is 466 g/mol. The van der Waals surface area contributed by atoms with E-state index in [1.807, 2.05) is 49.4 Å². The number of hydrogen-bond donors (Lipinski definition) is 2. The van der Waals surface area contributed by atoms with E-state index < -0.39 is 0 Å². The number of thiazole rings is 1. The lowest BCUT2D eigenvalue weighted by atomic mass is 10.1. The quantitative estimate of drug-likeness (QED) is 0.113. The van der Waals surface area contributed by atoms with Gasteiger partial charge in [-0.1, -0.05) is 38.8 Å². The number of anilines is 1. The van der Waals surface area contributed by atoms with Crippen LogP contribution in [-0.2, 0) is 0 Å². The van der Waals surface area contributed by atoms with Crippen molar-refractivity contribution in [1.29, 1.82) is 0 Å². The van der Waals surface area contributed by atoms with Crippen LogP contribution in [0.2, 0.25) is 0 Å². The summed E-state index contributed by atoms with van der Waals surface area (Å²) in [6, 6.07) is 13.6. The van der Waals surface area contributed by atoms with Gasteiger partial charge in [0, 0.05) is 29.6 Å². The van der Waals surface area contributed by atoms with Gasteiger partial charge in [-0.2, -0.15) is 0 Å². The summed E-state index contributed by atoms with van der Waals surface area (Å²) in [6.45, 7) is 9.56. The standard InChI is InChI=1S/C26H34N4O2S/c1-6-7-8-15-30(5)22-14-11-20(26(27)29-31)16-23(22)32-21-12-9-19(10-13-21)24-25(17(2)3)33-18(4)28-24/h9-14,16-17,31H,6-8,15H2,1-5H3,(H2,27,29). The molecule has 0 amide bonds. The van der Waals surface area contributed by atoms with E-state index in [1.165, 1.54) is 17.7 Å². The highest BCUT2D eigenvalue weighted by molar-refractivity contribution is 7.12. The molecule has 0 radical (unpaired) electrons. The maximum absolute atomic E-state index is 9.10. The largest absolute Gasteiger partial charge is 0.455 e. The molecular weight excluding hydrogens is 432 g/mol. The Morgan fingerprint density at radius 1 is 1.18 bits per heavy atom. The maximum atomic E-state index is 9.10. The molecule has 0 aliphatic carbocycles. The summed E-state index contributed by atoms with van der Waals surface area (Å²) < 4.78 is 6.29. The van der Waals surface area contributed by atoms with Gasteiger partial charge in [-0.05, 0) is 61.7 Å². The van der Waals surface area contributed by atoms with Crippen molar-refractivity contribution in [2.45, 2.75) is 52.9 Å². The van der Waals surface area contributed by atoms with Crippen molar-refractivity contribution in [3.05, 3.63) is 57.9 Å². The first kappa shape index (κ1) is 24.6. The van der Waals surface area contributed by atoms with Gasteiger partial charge in [-0.25, -0.2) is 4.98 Å². The Labute approximate surface area is 200 Å². The number of benzene rings is 2. The molecule has 0 bridgehead atoms. The number of aryl methyl sites for hydroxylation is 1.